The molecule has 2 aliphatic heterocycles. The number of likely N-dealkylation sites (N-methyl/N-ethyl adjacent to an activating group) is 1. The van der Waals surface area contributed by atoms with Crippen molar-refractivity contribution in [1.82, 2.24) is 34.9 Å². The van der Waals surface area contributed by atoms with E-state index in [9.17, 15) is 29.1 Å². The quantitative estimate of drug-likeness (QED) is 0.207. The summed E-state index contributed by atoms with van der Waals surface area (Å²) in [5.41, 5.74) is 3.34. The van der Waals surface area contributed by atoms with Gasteiger partial charge in [-0.05, 0) is 5.56 Å². The predicted octanol–water partition coefficient (Wildman–Crippen LogP) is 1.52. The molecule has 4 amide bonds. The van der Waals surface area contributed by atoms with E-state index in [1.54, 1.807) is 40.0 Å². The molecular weight excluding hydrogens is 613 g/mol. The van der Waals surface area contributed by atoms with Crippen LogP contribution in [0.25, 0.3) is 10.9 Å². The standard InChI is InChI=1S/C31H36N7O7P/c1-34-20-28(39)37-26(15-21-11-13-25(14-12-21)45-46(42,43)44)30(40)36(18-24-10-6-9-23-17-33-35(2)29(23)24)19-27(37)38(34)31(41)32-16-22-7-4-3-5-8-22/h3-14,17,26-27,42-44,46H,15-16,18-20H2,1-2H3,(H,32,41)/t26-,27-/m0/s1. The van der Waals surface area contributed by atoms with Gasteiger partial charge in [0, 0.05) is 19.0 Å². The number of fused-ring (bicyclic) bond motifs is 2. The van der Waals surface area contributed by atoms with Crippen LogP contribution in [0.2, 0.25) is 0 Å². The molecule has 46 heavy (non-hydrogen) atoms. The Balaban J connectivity index is 1.33. The number of piperazine rings is 1. The first-order valence-electron chi connectivity index (χ1n) is 14.7. The van der Waals surface area contributed by atoms with E-state index in [0.29, 0.717) is 5.56 Å². The van der Waals surface area contributed by atoms with E-state index in [2.05, 4.69) is 10.4 Å². The molecule has 242 valence electrons. The van der Waals surface area contributed by atoms with Crippen LogP contribution >= 0.6 is 8.17 Å². The maximum absolute atomic E-state index is 14.3. The molecule has 1 aromatic heterocycles. The Hall–Kier alpha value is -4.59. The Morgan fingerprint density at radius 2 is 1.72 bits per heavy atom. The molecule has 0 spiro atoms. The number of nitrogens with zero attached hydrogens (tertiary/aromatic N) is 6. The first-order valence-corrected chi connectivity index (χ1v) is 16.5. The van der Waals surface area contributed by atoms with Gasteiger partial charge in [-0.15, -0.1) is 0 Å². The summed E-state index contributed by atoms with van der Waals surface area (Å²) >= 11 is 0. The molecule has 3 heterocycles. The average Bonchev–Trinajstić information content (AvgIpc) is 3.40. The van der Waals surface area contributed by atoms with Crippen molar-refractivity contribution in [2.45, 2.75) is 31.7 Å². The maximum atomic E-state index is 14.3. The van der Waals surface area contributed by atoms with Crippen LogP contribution in [0, 0.1) is 0 Å². The van der Waals surface area contributed by atoms with Gasteiger partial charge in [0.15, 0.2) is 0 Å². The monoisotopic (exact) mass is 649 g/mol. The van der Waals surface area contributed by atoms with Crippen LogP contribution < -0.4 is 9.84 Å². The number of hydrazine groups is 1. The number of nitrogens with one attached hydrogen (secondary N) is 1. The number of urea groups is 1. The average molecular weight is 650 g/mol. The van der Waals surface area contributed by atoms with Gasteiger partial charge in [0.05, 0.1) is 6.20 Å². The van der Waals surface area contributed by atoms with Gasteiger partial charge < -0.3 is 0 Å². The Kier molecular flexibility index (Phi) is 8.64. The zero-order chi connectivity index (χ0) is 32.6. The van der Waals surface area contributed by atoms with Gasteiger partial charge in [-0.1, -0.05) is 42.5 Å². The fourth-order valence-electron chi connectivity index (χ4n) is 6.23. The van der Waals surface area contributed by atoms with Crippen molar-refractivity contribution in [1.29, 1.82) is 0 Å². The molecule has 15 heteroatoms. The second kappa shape index (κ2) is 12.7. The number of amides is 4. The molecule has 2 fully saturated rings. The number of hydrogen-bond donors (Lipinski definition) is 4. The number of para-hydroxylation sites is 1. The summed E-state index contributed by atoms with van der Waals surface area (Å²) in [6, 6.07) is 20.1. The number of aromatic nitrogens is 2. The zero-order valence-corrected chi connectivity index (χ0v) is 26.4. The number of hydrogen-bond acceptors (Lipinski definition) is 9. The predicted molar refractivity (Wildman–Crippen MR) is 169 cm³/mol. The molecule has 0 unspecified atom stereocenters. The minimum Gasteiger partial charge on any atom is -0.0622 e. The van der Waals surface area contributed by atoms with Crippen molar-refractivity contribution < 1.29 is 33.6 Å². The van der Waals surface area contributed by atoms with Crippen molar-refractivity contribution in [3.63, 3.8) is 0 Å². The molecule has 4 N–H and O–H groups in total. The van der Waals surface area contributed by atoms with Gasteiger partial charge in [-0.3, -0.25) is 4.68 Å². The van der Waals surface area contributed by atoms with Crippen LogP contribution in [-0.2, 0) is 36.1 Å². The fourth-order valence-corrected chi connectivity index (χ4v) is 6.68. The Labute approximate surface area is 265 Å². The molecule has 14 nitrogen and oxygen atoms in total. The van der Waals surface area contributed by atoms with Crippen molar-refractivity contribution in [2.24, 2.45) is 7.05 Å². The molecule has 3 aromatic carbocycles. The van der Waals surface area contributed by atoms with E-state index < -0.39 is 26.4 Å². The van der Waals surface area contributed by atoms with Crippen LogP contribution in [0.4, 0.5) is 4.79 Å². The van der Waals surface area contributed by atoms with E-state index in [1.165, 1.54) is 22.0 Å². The number of rotatable bonds is 8. The van der Waals surface area contributed by atoms with E-state index in [-0.39, 0.29) is 50.2 Å². The second-order valence-corrected chi connectivity index (χ2v) is 12.8. The van der Waals surface area contributed by atoms with Gasteiger partial charge in [0.25, 0.3) is 0 Å². The SMILES string of the molecule is CN1CC(=O)N2[C@@H](Cc3ccc(O[PH](O)(O)O)cc3)C(=O)N(Cc3cccc4cnn(C)c34)C[C@@H]2N1C(=O)NCc1ccccc1. The van der Waals surface area contributed by atoms with Crippen LogP contribution in [0.1, 0.15) is 16.7 Å². The summed E-state index contributed by atoms with van der Waals surface area (Å²) in [5.74, 6) is -0.521. The molecule has 0 aliphatic carbocycles. The smallest absolute Gasteiger partial charge is 0.0622 e. The van der Waals surface area contributed by atoms with Gasteiger partial charge in [-0.25, -0.2) is 0 Å². The van der Waals surface area contributed by atoms with Gasteiger partial charge in [0.1, 0.15) is 0 Å². The Bertz CT molecular complexity index is 1750. The summed E-state index contributed by atoms with van der Waals surface area (Å²) in [6.45, 7) is 0.502. The first kappa shape index (κ1) is 31.4. The van der Waals surface area contributed by atoms with E-state index in [0.717, 1.165) is 22.0 Å². The molecule has 2 saturated heterocycles. The third-order valence-electron chi connectivity index (χ3n) is 8.25. The van der Waals surface area contributed by atoms with Gasteiger partial charge in [-0.2, -0.15) is 5.10 Å². The minimum absolute atomic E-state index is 0.0404. The minimum atomic E-state index is -4.79. The number of carbonyl (C=O) groups is 3. The molecule has 4 aromatic rings. The Morgan fingerprint density at radius 3 is 2.43 bits per heavy atom. The summed E-state index contributed by atoms with van der Waals surface area (Å²) in [6.07, 6.45) is 1.10. The van der Waals surface area contributed by atoms with Crippen molar-refractivity contribution >= 4 is 36.9 Å². The summed E-state index contributed by atoms with van der Waals surface area (Å²) in [5, 5.41) is 11.4. The topological polar surface area (TPSA) is 164 Å². The van der Waals surface area contributed by atoms with Crippen molar-refractivity contribution in [2.75, 3.05) is 20.1 Å². The summed E-state index contributed by atoms with van der Waals surface area (Å²) in [4.78, 5) is 72.7. The summed E-state index contributed by atoms with van der Waals surface area (Å²) in [7, 11) is -1.27. The molecule has 0 bridgehead atoms. The third-order valence-corrected chi connectivity index (χ3v) is 8.76. The van der Waals surface area contributed by atoms with Crippen LogP contribution in [0.3, 0.4) is 0 Å². The van der Waals surface area contributed by atoms with Gasteiger partial charge >= 0.3 is 183 Å². The molecule has 0 saturated carbocycles. The van der Waals surface area contributed by atoms with Crippen molar-refractivity contribution in [3.05, 3.63) is 95.7 Å². The number of carbonyl (C=O) groups excluding carboxylic acids is 3. The second-order valence-electron chi connectivity index (χ2n) is 11.5. The van der Waals surface area contributed by atoms with Crippen LogP contribution in [0.5, 0.6) is 5.75 Å². The van der Waals surface area contributed by atoms with Crippen molar-refractivity contribution in [3.8, 4) is 5.75 Å². The number of benzene rings is 3. The van der Waals surface area contributed by atoms with E-state index in [1.807, 2.05) is 55.6 Å². The molecule has 0 radical (unpaired) electrons. The first-order chi connectivity index (χ1) is 22.0. The third kappa shape index (κ3) is 6.52. The summed E-state index contributed by atoms with van der Waals surface area (Å²) < 4.78 is 6.56. The normalized spacial score (nSPS) is 19.4. The Morgan fingerprint density at radius 1 is 0.978 bits per heavy atom. The zero-order valence-electron chi connectivity index (χ0n) is 25.4. The fraction of sp³-hybridized carbons (Fsp3) is 0.290. The molecular formula is C31H36N7O7P. The van der Waals surface area contributed by atoms with Crippen LogP contribution in [-0.4, -0.2) is 94.5 Å². The van der Waals surface area contributed by atoms with Crippen LogP contribution in [0.15, 0.2) is 79.0 Å². The molecule has 2 atom stereocenters. The molecule has 2 aliphatic rings. The van der Waals surface area contributed by atoms with E-state index >= 15 is 0 Å². The molecule has 6 rings (SSSR count). The van der Waals surface area contributed by atoms with Gasteiger partial charge in [0.2, 0.25) is 0 Å². The van der Waals surface area contributed by atoms with E-state index in [4.69, 9.17) is 4.52 Å². The number of aryl methyl sites for hydroxylation is 1.